The molecule has 0 aromatic rings. The van der Waals surface area contributed by atoms with Crippen LogP contribution in [0.5, 0.6) is 0 Å². The van der Waals surface area contributed by atoms with Gasteiger partial charge in [0.15, 0.2) is 0 Å². The number of fused-ring (bicyclic) bond motifs is 6. The third-order valence-corrected chi connectivity index (χ3v) is 3.34. The summed E-state index contributed by atoms with van der Waals surface area (Å²) >= 11 is 0. The summed E-state index contributed by atoms with van der Waals surface area (Å²) in [5, 5.41) is 0. The van der Waals surface area contributed by atoms with Crippen LogP contribution in [0.2, 0.25) is 0 Å². The van der Waals surface area contributed by atoms with Crippen molar-refractivity contribution in [1.29, 1.82) is 0 Å². The molecule has 2 aliphatic heterocycles. The van der Waals surface area contributed by atoms with Crippen molar-refractivity contribution >= 4 is 0 Å². The smallest absolute Gasteiger partial charge is 0.102 e. The zero-order chi connectivity index (χ0) is 9.83. The molecule has 72 valence electrons. The molecule has 0 aromatic heterocycles. The van der Waals surface area contributed by atoms with Crippen molar-refractivity contribution in [1.82, 2.24) is 0 Å². The van der Waals surface area contributed by atoms with Crippen LogP contribution in [0.1, 0.15) is 23.3 Å². The number of hydrogen-bond donors (Lipinski definition) is 0. The Hall–Kier alpha value is -1.60. The molecule has 0 saturated heterocycles. The molecule has 2 bridgehead atoms. The Kier molecular flexibility index (Phi) is 1.28. The van der Waals surface area contributed by atoms with Crippen LogP contribution in [0.4, 0.5) is 0 Å². The van der Waals surface area contributed by atoms with Crippen molar-refractivity contribution in [3.8, 4) is 11.1 Å². The molecule has 0 N–H and O–H groups in total. The van der Waals surface area contributed by atoms with E-state index in [1.165, 1.54) is 22.3 Å². The molecule has 2 atom stereocenters. The van der Waals surface area contributed by atoms with Gasteiger partial charge in [0.25, 0.3) is 0 Å². The molecule has 0 fully saturated rings. The molecule has 2 heterocycles. The summed E-state index contributed by atoms with van der Waals surface area (Å²) in [6.07, 6.45) is 4.69. The fraction of sp³-hybridized carbons (Fsp3) is 0.143. The highest BCUT2D eigenvalue weighted by Gasteiger charge is 2.33. The third kappa shape index (κ3) is 0.910. The molecule has 0 amide bonds. The lowest BCUT2D eigenvalue weighted by atomic mass is 9.99. The van der Waals surface area contributed by atoms with Crippen LogP contribution in [-0.4, -0.2) is 0 Å². The number of ether oxygens (including phenoxy) is 1. The average molecular weight is 194 g/mol. The molecule has 4 aliphatic rings. The Labute approximate surface area is 88.3 Å². The first-order valence-electron chi connectivity index (χ1n) is 5.28. The van der Waals surface area contributed by atoms with Gasteiger partial charge in [-0.2, -0.15) is 0 Å². The lowest BCUT2D eigenvalue weighted by Gasteiger charge is -2.01. The van der Waals surface area contributed by atoms with E-state index >= 15 is 0 Å². The Balaban J connectivity index is 2.06. The van der Waals surface area contributed by atoms with E-state index in [0.717, 1.165) is 0 Å². The first-order chi connectivity index (χ1) is 7.42. The highest BCUT2D eigenvalue weighted by molar-refractivity contribution is 5.68. The minimum atomic E-state index is 0.190. The molecule has 0 aromatic carbocycles. The first-order valence-corrected chi connectivity index (χ1v) is 5.28. The fourth-order valence-electron chi connectivity index (χ4n) is 2.57. The lowest BCUT2D eigenvalue weighted by Crippen LogP contribution is -1.88. The van der Waals surface area contributed by atoms with Gasteiger partial charge < -0.3 is 4.74 Å². The van der Waals surface area contributed by atoms with E-state index in [1.807, 2.05) is 0 Å². The van der Waals surface area contributed by atoms with Gasteiger partial charge in [0.1, 0.15) is 12.2 Å². The topological polar surface area (TPSA) is 9.23 Å². The van der Waals surface area contributed by atoms with Crippen molar-refractivity contribution < 1.29 is 4.74 Å². The third-order valence-electron chi connectivity index (χ3n) is 3.34. The van der Waals surface area contributed by atoms with E-state index in [-0.39, 0.29) is 12.2 Å². The molecule has 1 heteroatoms. The van der Waals surface area contributed by atoms with Gasteiger partial charge in [0, 0.05) is 0 Å². The summed E-state index contributed by atoms with van der Waals surface area (Å²) in [6.45, 7) is 0. The second kappa shape index (κ2) is 2.50. The summed E-state index contributed by atoms with van der Waals surface area (Å²) in [6, 6.07) is 13.1. The van der Waals surface area contributed by atoms with E-state index in [1.54, 1.807) is 0 Å². The summed E-state index contributed by atoms with van der Waals surface area (Å²) in [4.78, 5) is 0. The van der Waals surface area contributed by atoms with Gasteiger partial charge in [-0.1, -0.05) is 42.5 Å². The van der Waals surface area contributed by atoms with Crippen LogP contribution >= 0.6 is 0 Å². The molecular weight excluding hydrogens is 184 g/mol. The van der Waals surface area contributed by atoms with Gasteiger partial charge in [0.05, 0.1) is 0 Å². The van der Waals surface area contributed by atoms with Crippen molar-refractivity contribution in [2.45, 2.75) is 12.2 Å². The zero-order valence-electron chi connectivity index (χ0n) is 8.18. The maximum absolute atomic E-state index is 5.80. The molecule has 2 unspecified atom stereocenters. The average Bonchev–Trinajstić information content (AvgIpc) is 2.91. The molecule has 4 rings (SSSR count). The monoisotopic (exact) mass is 194 g/mol. The van der Waals surface area contributed by atoms with E-state index < -0.39 is 0 Å². The van der Waals surface area contributed by atoms with Crippen LogP contribution in [0, 0.1) is 0 Å². The predicted molar refractivity (Wildman–Crippen MR) is 58.8 cm³/mol. The second-order valence-electron chi connectivity index (χ2n) is 4.19. The number of rotatable bonds is 0. The van der Waals surface area contributed by atoms with E-state index in [9.17, 15) is 0 Å². The van der Waals surface area contributed by atoms with Crippen molar-refractivity contribution in [3.05, 3.63) is 59.7 Å². The summed E-state index contributed by atoms with van der Waals surface area (Å²) < 4.78 is 5.80. The molecule has 2 aliphatic carbocycles. The summed E-state index contributed by atoms with van der Waals surface area (Å²) in [5.41, 5.74) is 5.28. The Morgan fingerprint density at radius 2 is 1.60 bits per heavy atom. The quantitative estimate of drug-likeness (QED) is 0.583. The minimum absolute atomic E-state index is 0.190. The largest absolute Gasteiger partial charge is 0.357 e. The van der Waals surface area contributed by atoms with Crippen molar-refractivity contribution in [3.63, 3.8) is 0 Å². The van der Waals surface area contributed by atoms with Crippen molar-refractivity contribution in [2.75, 3.05) is 0 Å². The van der Waals surface area contributed by atoms with E-state index in [0.29, 0.717) is 0 Å². The minimum Gasteiger partial charge on any atom is -0.357 e. The molecule has 0 saturated carbocycles. The Morgan fingerprint density at radius 1 is 0.800 bits per heavy atom. The van der Waals surface area contributed by atoms with Gasteiger partial charge >= 0.3 is 0 Å². The van der Waals surface area contributed by atoms with Crippen LogP contribution < -0.4 is 0 Å². The predicted octanol–water partition coefficient (Wildman–Crippen LogP) is 3.47. The summed E-state index contributed by atoms with van der Waals surface area (Å²) in [7, 11) is 0. The maximum atomic E-state index is 5.80. The molecule has 0 spiro atoms. The van der Waals surface area contributed by atoms with E-state index in [4.69, 9.17) is 4.74 Å². The number of hydrogen-bond acceptors (Lipinski definition) is 1. The van der Waals surface area contributed by atoms with Crippen LogP contribution in [0.25, 0.3) is 11.1 Å². The van der Waals surface area contributed by atoms with Gasteiger partial charge in [-0.15, -0.1) is 0 Å². The highest BCUT2D eigenvalue weighted by atomic mass is 16.5. The Bertz CT molecular complexity index is 541. The lowest BCUT2D eigenvalue weighted by molar-refractivity contribution is 0.0878. The van der Waals surface area contributed by atoms with Gasteiger partial charge in [-0.05, 0) is 28.3 Å². The normalized spacial score (nSPS) is 26.1. The molecule has 15 heavy (non-hydrogen) atoms. The maximum Gasteiger partial charge on any atom is 0.102 e. The Morgan fingerprint density at radius 3 is 2.53 bits per heavy atom. The van der Waals surface area contributed by atoms with Crippen LogP contribution in [0.15, 0.2) is 48.6 Å². The molecule has 0 radical (unpaired) electrons. The molecule has 1 nitrogen and oxygen atoms in total. The van der Waals surface area contributed by atoms with Gasteiger partial charge in [-0.25, -0.2) is 0 Å². The first kappa shape index (κ1) is 7.66. The standard InChI is InChI=1S/C14H10O/c1-2-9-4-5-11-12(8-10(9)3-1)14-7-6-13(11)15-14/h1-8,13-14H. The van der Waals surface area contributed by atoms with Crippen LogP contribution in [-0.2, 0) is 4.74 Å². The highest BCUT2D eigenvalue weighted by Crippen LogP contribution is 2.46. The van der Waals surface area contributed by atoms with Gasteiger partial charge in [0.2, 0.25) is 0 Å². The summed E-state index contributed by atoms with van der Waals surface area (Å²) in [5.74, 6) is 0. The van der Waals surface area contributed by atoms with Crippen molar-refractivity contribution in [2.24, 2.45) is 0 Å². The fourth-order valence-corrected chi connectivity index (χ4v) is 2.57. The van der Waals surface area contributed by atoms with E-state index in [2.05, 4.69) is 48.6 Å². The SMILES string of the molecule is C1=CC2OC1c1ccc3cccc-3cc12. The van der Waals surface area contributed by atoms with Gasteiger partial charge in [-0.3, -0.25) is 0 Å². The zero-order valence-corrected chi connectivity index (χ0v) is 8.18. The molecular formula is C14H10O. The van der Waals surface area contributed by atoms with Crippen LogP contribution in [0.3, 0.4) is 0 Å². The second-order valence-corrected chi connectivity index (χ2v) is 4.19.